The topological polar surface area (TPSA) is 79.1 Å². The lowest BCUT2D eigenvalue weighted by molar-refractivity contribution is -0.138. The van der Waals surface area contributed by atoms with Gasteiger partial charge in [-0.3, -0.25) is 9.36 Å². The number of thiazole rings is 1. The maximum absolute atomic E-state index is 14.0. The van der Waals surface area contributed by atoms with Crippen LogP contribution in [0.25, 0.3) is 11.8 Å². The van der Waals surface area contributed by atoms with Crippen molar-refractivity contribution in [3.63, 3.8) is 0 Å². The molecule has 8 heteroatoms. The van der Waals surface area contributed by atoms with Gasteiger partial charge in [-0.1, -0.05) is 72.0 Å². The molecule has 4 aromatic rings. The summed E-state index contributed by atoms with van der Waals surface area (Å²) in [5.74, 6) is 0.776. The molecule has 7 nitrogen and oxygen atoms in total. The maximum Gasteiger partial charge on any atom is 0.338 e. The summed E-state index contributed by atoms with van der Waals surface area (Å²) in [6, 6.07) is 23.7. The van der Waals surface area contributed by atoms with Crippen LogP contribution in [0.5, 0.6) is 11.5 Å². The quantitative estimate of drug-likeness (QED) is 0.311. The van der Waals surface area contributed by atoms with Crippen LogP contribution < -0.4 is 24.4 Å². The lowest BCUT2D eigenvalue weighted by Crippen LogP contribution is -2.40. The highest BCUT2D eigenvalue weighted by molar-refractivity contribution is 7.07. The normalized spacial score (nSPS) is 14.9. The number of aromatic nitrogens is 1. The number of fused-ring (bicyclic) bond motifs is 1. The van der Waals surface area contributed by atoms with Crippen LogP contribution in [0, 0.1) is 0 Å². The highest BCUT2D eigenvalue weighted by Crippen LogP contribution is 2.36. The Labute approximate surface area is 229 Å². The number of benzene rings is 3. The average molecular weight is 541 g/mol. The molecule has 0 radical (unpaired) electrons. The van der Waals surface area contributed by atoms with Crippen LogP contribution >= 0.6 is 11.3 Å². The molecule has 0 fully saturated rings. The second kappa shape index (κ2) is 11.5. The summed E-state index contributed by atoms with van der Waals surface area (Å²) >= 11 is 1.27. The van der Waals surface area contributed by atoms with Crippen molar-refractivity contribution in [2.24, 2.45) is 4.99 Å². The van der Waals surface area contributed by atoms with Crippen molar-refractivity contribution >= 4 is 29.1 Å². The molecular weight excluding hydrogens is 512 g/mol. The van der Waals surface area contributed by atoms with Gasteiger partial charge in [0.2, 0.25) is 0 Å². The first-order valence-corrected chi connectivity index (χ1v) is 13.5. The second-order valence-electron chi connectivity index (χ2n) is 8.68. The monoisotopic (exact) mass is 540 g/mol. The molecule has 0 amide bonds. The maximum atomic E-state index is 14.0. The Hall–Kier alpha value is -4.43. The summed E-state index contributed by atoms with van der Waals surface area (Å²) in [4.78, 5) is 32.9. The van der Waals surface area contributed by atoms with E-state index in [2.05, 4.69) is 0 Å². The van der Waals surface area contributed by atoms with Crippen LogP contribution in [0.15, 0.2) is 94.2 Å². The van der Waals surface area contributed by atoms with E-state index in [4.69, 9.17) is 19.2 Å². The van der Waals surface area contributed by atoms with Gasteiger partial charge in [0.1, 0.15) is 11.5 Å². The third-order valence-electron chi connectivity index (χ3n) is 6.29. The fraction of sp³-hybridized carbons (Fsp3) is 0.194. The van der Waals surface area contributed by atoms with Gasteiger partial charge in [0.25, 0.3) is 5.56 Å². The molecule has 0 N–H and O–H groups in total. The molecule has 2 heterocycles. The van der Waals surface area contributed by atoms with Gasteiger partial charge < -0.3 is 14.2 Å². The first-order chi connectivity index (χ1) is 19.0. The number of carbonyl (C=O) groups excluding carboxylic acids is 1. The number of methoxy groups -OCH3 is 1. The molecule has 0 bridgehead atoms. The fourth-order valence-corrected chi connectivity index (χ4v) is 5.59. The number of nitrogens with zero attached hydrogens (tertiary/aromatic N) is 2. The number of hydrogen-bond acceptors (Lipinski definition) is 7. The predicted molar refractivity (Wildman–Crippen MR) is 152 cm³/mol. The largest absolute Gasteiger partial charge is 0.497 e. The fourth-order valence-electron chi connectivity index (χ4n) is 4.60. The van der Waals surface area contributed by atoms with Crippen molar-refractivity contribution < 1.29 is 19.0 Å². The number of rotatable bonds is 8. The van der Waals surface area contributed by atoms with E-state index in [0.717, 1.165) is 11.1 Å². The van der Waals surface area contributed by atoms with E-state index in [1.165, 1.54) is 11.3 Å². The summed E-state index contributed by atoms with van der Waals surface area (Å²) in [5, 5.41) is 0. The van der Waals surface area contributed by atoms with Crippen LogP contribution in [0.1, 0.15) is 36.6 Å². The first-order valence-electron chi connectivity index (χ1n) is 12.7. The minimum absolute atomic E-state index is 0.188. The van der Waals surface area contributed by atoms with Crippen molar-refractivity contribution in [1.82, 2.24) is 4.57 Å². The van der Waals surface area contributed by atoms with Crippen molar-refractivity contribution in [3.8, 4) is 11.5 Å². The molecule has 0 spiro atoms. The van der Waals surface area contributed by atoms with Gasteiger partial charge in [-0.15, -0.1) is 0 Å². The van der Waals surface area contributed by atoms with Crippen molar-refractivity contribution in [3.05, 3.63) is 121 Å². The van der Waals surface area contributed by atoms with Gasteiger partial charge >= 0.3 is 5.97 Å². The van der Waals surface area contributed by atoms with Crippen LogP contribution in [0.4, 0.5) is 0 Å². The van der Waals surface area contributed by atoms with Crippen LogP contribution in [-0.2, 0) is 9.53 Å². The zero-order valence-electron chi connectivity index (χ0n) is 21.9. The highest BCUT2D eigenvalue weighted by atomic mass is 32.1. The van der Waals surface area contributed by atoms with Crippen molar-refractivity contribution in [2.75, 3.05) is 20.3 Å². The van der Waals surface area contributed by atoms with E-state index in [1.54, 1.807) is 18.6 Å². The summed E-state index contributed by atoms with van der Waals surface area (Å²) in [6.07, 6.45) is 1.81. The SMILES string of the molecule is CCOC(=O)C1=C(c2ccccc2)N=c2s/c(=C/c3ccccc3OCC)c(=O)n2[C@@H]1c1cccc(OC)c1. The zero-order valence-corrected chi connectivity index (χ0v) is 22.7. The molecule has 3 aromatic carbocycles. The van der Waals surface area contributed by atoms with Gasteiger partial charge in [0, 0.05) is 11.1 Å². The van der Waals surface area contributed by atoms with Gasteiger partial charge in [-0.05, 0) is 43.7 Å². The molecule has 1 aliphatic rings. The van der Waals surface area contributed by atoms with Crippen LogP contribution in [0.3, 0.4) is 0 Å². The molecule has 1 aliphatic heterocycles. The molecular formula is C31H28N2O5S. The first kappa shape index (κ1) is 26.2. The molecule has 1 aromatic heterocycles. The highest BCUT2D eigenvalue weighted by Gasteiger charge is 2.35. The Morgan fingerprint density at radius 3 is 2.51 bits per heavy atom. The summed E-state index contributed by atoms with van der Waals surface area (Å²) in [5.41, 5.74) is 2.77. The third kappa shape index (κ3) is 5.15. The van der Waals surface area contributed by atoms with Crippen LogP contribution in [0.2, 0.25) is 0 Å². The summed E-state index contributed by atoms with van der Waals surface area (Å²) in [6.45, 7) is 4.37. The third-order valence-corrected chi connectivity index (χ3v) is 7.27. The summed E-state index contributed by atoms with van der Waals surface area (Å²) in [7, 11) is 1.58. The Balaban J connectivity index is 1.83. The molecule has 198 valence electrons. The van der Waals surface area contributed by atoms with Crippen LogP contribution in [-0.4, -0.2) is 30.9 Å². The number of carbonyl (C=O) groups is 1. The second-order valence-corrected chi connectivity index (χ2v) is 9.69. The Morgan fingerprint density at radius 1 is 1.00 bits per heavy atom. The Morgan fingerprint density at radius 2 is 1.77 bits per heavy atom. The van der Waals surface area contributed by atoms with Crippen molar-refractivity contribution in [1.29, 1.82) is 0 Å². The van der Waals surface area contributed by atoms with Crippen molar-refractivity contribution in [2.45, 2.75) is 19.9 Å². The van der Waals surface area contributed by atoms with E-state index in [-0.39, 0.29) is 12.2 Å². The van der Waals surface area contributed by atoms with E-state index < -0.39 is 12.0 Å². The molecule has 0 saturated carbocycles. The van der Waals surface area contributed by atoms with Gasteiger partial charge in [-0.2, -0.15) is 0 Å². The van der Waals surface area contributed by atoms with Gasteiger partial charge in [-0.25, -0.2) is 9.79 Å². The van der Waals surface area contributed by atoms with E-state index in [0.29, 0.717) is 44.3 Å². The number of esters is 1. The predicted octanol–water partition coefficient (Wildman–Crippen LogP) is 4.34. The minimum atomic E-state index is -0.769. The number of hydrogen-bond donors (Lipinski definition) is 0. The minimum Gasteiger partial charge on any atom is -0.497 e. The van der Waals surface area contributed by atoms with Gasteiger partial charge in [0.15, 0.2) is 4.80 Å². The molecule has 39 heavy (non-hydrogen) atoms. The molecule has 0 saturated heterocycles. The Bertz CT molecular complexity index is 1720. The molecule has 0 unspecified atom stereocenters. The number of para-hydroxylation sites is 1. The van der Waals surface area contributed by atoms with E-state index in [1.807, 2.05) is 91.9 Å². The summed E-state index contributed by atoms with van der Waals surface area (Å²) < 4.78 is 18.8. The van der Waals surface area contributed by atoms with Gasteiger partial charge in [0.05, 0.1) is 42.2 Å². The Kier molecular flexibility index (Phi) is 7.74. The van der Waals surface area contributed by atoms with E-state index in [9.17, 15) is 9.59 Å². The molecule has 5 rings (SSSR count). The van der Waals surface area contributed by atoms with E-state index >= 15 is 0 Å². The molecule has 1 atom stereocenters. The lowest BCUT2D eigenvalue weighted by atomic mass is 9.93. The lowest BCUT2D eigenvalue weighted by Gasteiger charge is -2.26. The standard InChI is InChI=1S/C31H28N2O5S/c1-4-37-24-17-10-9-14-21(24)19-25-29(34)33-28(22-15-11-16-23(18-22)36-3)26(30(35)38-5-2)27(32-31(33)39-25)20-12-7-6-8-13-20/h6-19,28H,4-5H2,1-3H3/b25-19+/t28-/m1/s1. The average Bonchev–Trinajstić information content (AvgIpc) is 3.28. The molecule has 0 aliphatic carbocycles. The number of ether oxygens (including phenoxy) is 3. The smallest absolute Gasteiger partial charge is 0.338 e. The zero-order chi connectivity index (χ0) is 27.4.